The number of nitrogens with zero attached hydrogens (tertiary/aromatic N) is 3. The Hall–Kier alpha value is -9.17. The molecule has 386 valence electrons. The fourth-order valence-corrected chi connectivity index (χ4v) is 13.9. The van der Waals surface area contributed by atoms with Gasteiger partial charge in [0.2, 0.25) is 11.8 Å². The Kier molecular flexibility index (Phi) is 11.6. The van der Waals surface area contributed by atoms with E-state index in [2.05, 4.69) is 10.6 Å². The molecule has 0 aliphatic heterocycles. The predicted molar refractivity (Wildman–Crippen MR) is 269 cm³/mol. The third kappa shape index (κ3) is 6.55. The molecule has 76 heavy (non-hydrogen) atoms. The molecule has 20 heteroatoms. The zero-order valence-electron chi connectivity index (χ0n) is 40.9. The third-order valence-corrected chi connectivity index (χ3v) is 16.5. The largest absolute Gasteiger partial charge is 0.480 e. The molecule has 6 aromatic carbocycles. The lowest BCUT2D eigenvalue weighted by Gasteiger charge is -2.52. The van der Waals surface area contributed by atoms with Crippen LogP contribution in [0.5, 0.6) is 0 Å². The van der Waals surface area contributed by atoms with Crippen molar-refractivity contribution in [3.05, 3.63) is 243 Å². The van der Waals surface area contributed by atoms with Crippen LogP contribution < -0.4 is 16.4 Å². The number of carboxylic acids is 2. The standard InChI is InChI=1S/C20H18N2O5.C19H16N2O5.C17H14N2O4/c1-12(23)21-19(18(24)27-2)11-20(22(25)26)15-9-5-3-7-13(15)17(19)14-8-4-6-10-16(14)20;1-11(22)20-18(17(23)24)10-19(21(25)26)14-8-4-2-6-12(14)16(18)13-7-3-5-9-15(13)19;18-16(15(20)21)9-17(19(22)23)12-7-3-1-5-10(12)14(16)11-6-2-4-8-13(11)17/h3-10,17H,11H2,1-2H3,(H,21,23);2-9,16H,10H2,1H3,(H,20,22)(H,23,24);1-8,14H,9,18H2,(H,20,21). The summed E-state index contributed by atoms with van der Waals surface area (Å²) in [6.07, 6.45) is -0.778. The van der Waals surface area contributed by atoms with Gasteiger partial charge in [-0.15, -0.1) is 0 Å². The lowest BCUT2D eigenvalue weighted by Crippen LogP contribution is -2.68. The van der Waals surface area contributed by atoms with Crippen LogP contribution in [0.3, 0.4) is 0 Å². The number of rotatable bonds is 8. The number of benzene rings is 6. The molecule has 0 saturated heterocycles. The first-order valence-corrected chi connectivity index (χ1v) is 24.1. The quantitative estimate of drug-likeness (QED) is 0.0667. The van der Waals surface area contributed by atoms with E-state index in [1.807, 2.05) is 0 Å². The number of aliphatic carboxylic acids is 2. The summed E-state index contributed by atoms with van der Waals surface area (Å²) in [5, 5.41) is 62.0. The van der Waals surface area contributed by atoms with Crippen molar-refractivity contribution >= 4 is 29.7 Å². The summed E-state index contributed by atoms with van der Waals surface area (Å²) in [7, 11) is 1.23. The number of carboxylic acid groups (broad SMARTS) is 2. The number of nitrogens with one attached hydrogen (secondary N) is 2. The molecule has 0 heterocycles. The molecule has 2 amide bonds. The summed E-state index contributed by atoms with van der Waals surface area (Å²) in [6.45, 7) is 2.52. The van der Waals surface area contributed by atoms with Gasteiger partial charge in [-0.05, 0) is 33.4 Å². The Morgan fingerprint density at radius 1 is 0.474 bits per heavy atom. The molecular weight excluding hydrogens is 981 g/mol. The molecule has 6 N–H and O–H groups in total. The maximum Gasteiger partial charge on any atom is 0.332 e. The molecule has 3 unspecified atom stereocenters. The molecule has 9 aliphatic carbocycles. The van der Waals surface area contributed by atoms with Crippen molar-refractivity contribution in [2.45, 2.75) is 84.1 Å². The average Bonchev–Trinajstić information content (AvgIpc) is 3.19. The number of carbonyl (C=O) groups excluding carboxylic acids is 3. The van der Waals surface area contributed by atoms with Gasteiger partial charge in [-0.1, -0.05) is 146 Å². The Morgan fingerprint density at radius 2 is 0.737 bits per heavy atom. The van der Waals surface area contributed by atoms with Gasteiger partial charge < -0.3 is 31.3 Å². The summed E-state index contributed by atoms with van der Waals surface area (Å²) in [6, 6.07) is 41.7. The average molecular weight is 1030 g/mol. The van der Waals surface area contributed by atoms with Crippen LogP contribution in [0.4, 0.5) is 0 Å². The highest BCUT2D eigenvalue weighted by Crippen LogP contribution is 2.63. The van der Waals surface area contributed by atoms with Gasteiger partial charge in [-0.25, -0.2) is 9.59 Å². The lowest BCUT2D eigenvalue weighted by atomic mass is 9.52. The molecule has 0 aromatic heterocycles. The van der Waals surface area contributed by atoms with Crippen molar-refractivity contribution in [3.8, 4) is 0 Å². The first-order chi connectivity index (χ1) is 36.1. The van der Waals surface area contributed by atoms with E-state index in [0.717, 1.165) is 0 Å². The Labute approximate surface area is 432 Å². The van der Waals surface area contributed by atoms with Gasteiger partial charge in [-0.3, -0.25) is 44.7 Å². The topological polar surface area (TPSA) is 315 Å². The zero-order chi connectivity index (χ0) is 54.5. The van der Waals surface area contributed by atoms with Gasteiger partial charge in [0.25, 0.3) is 16.6 Å². The summed E-state index contributed by atoms with van der Waals surface area (Å²) in [5.74, 6) is -5.99. The van der Waals surface area contributed by atoms with E-state index in [0.29, 0.717) is 66.8 Å². The van der Waals surface area contributed by atoms with Crippen LogP contribution in [0.2, 0.25) is 0 Å². The first kappa shape index (κ1) is 50.4. The zero-order valence-corrected chi connectivity index (χ0v) is 40.9. The van der Waals surface area contributed by atoms with E-state index in [-0.39, 0.29) is 29.1 Å². The predicted octanol–water partition coefficient (Wildman–Crippen LogP) is 5.96. The second kappa shape index (κ2) is 17.5. The highest BCUT2D eigenvalue weighted by atomic mass is 16.6. The Balaban J connectivity index is 0.000000130. The highest BCUT2D eigenvalue weighted by molar-refractivity contribution is 5.92. The van der Waals surface area contributed by atoms with Gasteiger partial charge in [0.1, 0.15) is 5.54 Å². The van der Waals surface area contributed by atoms with E-state index in [1.54, 1.807) is 146 Å². The molecule has 0 fully saturated rings. The number of nitro groups is 3. The van der Waals surface area contributed by atoms with Crippen molar-refractivity contribution in [2.24, 2.45) is 5.73 Å². The van der Waals surface area contributed by atoms with Crippen LogP contribution in [0, 0.1) is 30.3 Å². The van der Waals surface area contributed by atoms with E-state index < -0.39 is 85.6 Å². The van der Waals surface area contributed by atoms with Gasteiger partial charge >= 0.3 is 17.9 Å². The van der Waals surface area contributed by atoms with Crippen LogP contribution in [-0.2, 0) is 45.3 Å². The number of carbonyl (C=O) groups is 5. The number of methoxy groups -OCH3 is 1. The molecule has 6 aromatic rings. The van der Waals surface area contributed by atoms with E-state index in [9.17, 15) is 64.5 Å². The van der Waals surface area contributed by atoms with Gasteiger partial charge in [0.05, 0.1) is 26.4 Å². The summed E-state index contributed by atoms with van der Waals surface area (Å²) >= 11 is 0. The SMILES string of the molecule is CC(=O)NC1(C(=O)O)CC2([N+](=O)[O-])c3ccccc3C1c1ccccc12.COC(=O)C1(NC(C)=O)CC2([N+](=O)[O-])c3ccccc3C1c1ccccc12.NC1(C(=O)O)CC2([N+](=O)[O-])c3ccccc3C1c1ccccc12. The van der Waals surface area contributed by atoms with Crippen molar-refractivity contribution in [2.75, 3.05) is 7.11 Å². The minimum Gasteiger partial charge on any atom is -0.480 e. The van der Waals surface area contributed by atoms with Crippen LogP contribution in [0.15, 0.2) is 146 Å². The maximum atomic E-state index is 12.9. The number of hydrogen-bond donors (Lipinski definition) is 5. The molecular formula is C56H48N6O14. The van der Waals surface area contributed by atoms with Crippen LogP contribution in [0.25, 0.3) is 0 Å². The van der Waals surface area contributed by atoms with Gasteiger partial charge in [0.15, 0.2) is 11.1 Å². The van der Waals surface area contributed by atoms with Crippen molar-refractivity contribution in [1.82, 2.24) is 10.6 Å². The normalized spacial score (nSPS) is 28.4. The van der Waals surface area contributed by atoms with Crippen molar-refractivity contribution < 1.29 is 53.7 Å². The molecule has 3 atom stereocenters. The molecule has 15 rings (SSSR count). The Morgan fingerprint density at radius 3 is 1.01 bits per heavy atom. The fourth-order valence-electron chi connectivity index (χ4n) is 13.9. The summed E-state index contributed by atoms with van der Waals surface area (Å²) in [4.78, 5) is 96.9. The molecule has 0 spiro atoms. The lowest BCUT2D eigenvalue weighted by molar-refractivity contribution is -0.572. The van der Waals surface area contributed by atoms with Crippen LogP contribution in [-0.4, -0.2) is 78.4 Å². The maximum absolute atomic E-state index is 12.9. The number of hydrogen-bond acceptors (Lipinski definition) is 13. The van der Waals surface area contributed by atoms with Gasteiger partial charge in [0, 0.05) is 79.8 Å². The smallest absolute Gasteiger partial charge is 0.332 e. The highest BCUT2D eigenvalue weighted by Gasteiger charge is 2.72. The minimum atomic E-state index is -1.78. The monoisotopic (exact) mass is 1030 g/mol. The second-order valence-corrected chi connectivity index (χ2v) is 20.2. The number of ether oxygens (including phenoxy) is 1. The molecule has 6 bridgehead atoms. The molecule has 0 radical (unpaired) electrons. The number of amides is 2. The Bertz CT molecular complexity index is 3400. The number of esters is 1. The van der Waals surface area contributed by atoms with Gasteiger partial charge in [-0.2, -0.15) is 0 Å². The van der Waals surface area contributed by atoms with E-state index >= 15 is 0 Å². The third-order valence-electron chi connectivity index (χ3n) is 16.5. The van der Waals surface area contributed by atoms with E-state index in [1.165, 1.54) is 21.0 Å². The van der Waals surface area contributed by atoms with Crippen LogP contribution in [0.1, 0.15) is 118 Å². The van der Waals surface area contributed by atoms with Crippen molar-refractivity contribution in [3.63, 3.8) is 0 Å². The number of fused-ring (bicyclic) bond motifs is 3. The number of nitrogens with two attached hydrogens (primary N) is 1. The summed E-state index contributed by atoms with van der Waals surface area (Å²) in [5.41, 5.74) is 3.21. The van der Waals surface area contributed by atoms with E-state index in [4.69, 9.17) is 10.5 Å². The minimum absolute atomic E-state index is 0.196. The van der Waals surface area contributed by atoms with Crippen LogP contribution >= 0.6 is 0 Å². The first-order valence-electron chi connectivity index (χ1n) is 24.1. The molecule has 20 nitrogen and oxygen atoms in total. The molecule has 0 saturated carbocycles. The fraction of sp³-hybridized carbons (Fsp3) is 0.268. The van der Waals surface area contributed by atoms with Crippen molar-refractivity contribution in [1.29, 1.82) is 0 Å². The second-order valence-electron chi connectivity index (χ2n) is 20.2. The molecule has 9 aliphatic rings. The summed E-state index contributed by atoms with van der Waals surface area (Å²) < 4.78 is 5.03.